The summed E-state index contributed by atoms with van der Waals surface area (Å²) in [6.07, 6.45) is 3.52. The topological polar surface area (TPSA) is 83.7 Å². The number of aryl methyl sites for hydroxylation is 2. The number of rotatable bonds is 8. The summed E-state index contributed by atoms with van der Waals surface area (Å²) < 4.78 is 8.63. The lowest BCUT2D eigenvalue weighted by Gasteiger charge is -2.35. The number of carbonyl (C=O) groups is 1. The van der Waals surface area contributed by atoms with Gasteiger partial charge in [-0.05, 0) is 90.4 Å². The fraction of sp³-hybridized carbons (Fsp3) is 0.424. The van der Waals surface area contributed by atoms with Gasteiger partial charge >= 0.3 is 5.97 Å². The SMILES string of the molecule is Cc1ccc(-c2c([C@H](OC(C)(C)C)C(=O)O)c(C)c3c4c2cc(C)n4CCN3c2ncc(CCN(C)C)cn2)cc1. The Balaban J connectivity index is 1.78. The molecule has 0 fully saturated rings. The van der Waals surface area contributed by atoms with Gasteiger partial charge in [0.2, 0.25) is 5.95 Å². The van der Waals surface area contributed by atoms with E-state index in [0.717, 1.165) is 69.6 Å². The van der Waals surface area contributed by atoms with Crippen LogP contribution < -0.4 is 4.90 Å². The van der Waals surface area contributed by atoms with Crippen LogP contribution in [0.15, 0.2) is 42.7 Å². The van der Waals surface area contributed by atoms with Gasteiger partial charge in [0.15, 0.2) is 6.10 Å². The monoisotopic (exact) mass is 555 g/mol. The molecule has 1 aliphatic heterocycles. The van der Waals surface area contributed by atoms with Gasteiger partial charge in [-0.3, -0.25) is 0 Å². The molecule has 0 spiro atoms. The van der Waals surface area contributed by atoms with Crippen molar-refractivity contribution in [2.75, 3.05) is 32.1 Å². The molecule has 1 aliphatic rings. The van der Waals surface area contributed by atoms with Crippen LogP contribution >= 0.6 is 0 Å². The number of anilines is 2. The van der Waals surface area contributed by atoms with Crippen molar-refractivity contribution in [1.82, 2.24) is 19.4 Å². The molecule has 5 rings (SSSR count). The molecule has 3 heterocycles. The summed E-state index contributed by atoms with van der Waals surface area (Å²) in [6, 6.07) is 10.5. The molecule has 0 aliphatic carbocycles. The number of hydrogen-bond acceptors (Lipinski definition) is 6. The lowest BCUT2D eigenvalue weighted by Crippen LogP contribution is -2.32. The third-order valence-corrected chi connectivity index (χ3v) is 7.72. The summed E-state index contributed by atoms with van der Waals surface area (Å²) in [6.45, 7) is 14.2. The quantitative estimate of drug-likeness (QED) is 0.276. The number of aliphatic carboxylic acids is 1. The minimum Gasteiger partial charge on any atom is -0.479 e. The zero-order valence-corrected chi connectivity index (χ0v) is 25.4. The number of benzene rings is 2. The zero-order chi connectivity index (χ0) is 29.6. The van der Waals surface area contributed by atoms with Crippen LogP contribution in [0.5, 0.6) is 0 Å². The number of hydrogen-bond donors (Lipinski definition) is 1. The fourth-order valence-corrected chi connectivity index (χ4v) is 5.81. The van der Waals surface area contributed by atoms with Gasteiger partial charge in [-0.2, -0.15) is 0 Å². The summed E-state index contributed by atoms with van der Waals surface area (Å²) >= 11 is 0. The van der Waals surface area contributed by atoms with Crippen LogP contribution in [0.25, 0.3) is 22.0 Å². The van der Waals surface area contributed by atoms with E-state index < -0.39 is 17.7 Å². The molecule has 2 aromatic carbocycles. The maximum atomic E-state index is 12.9. The van der Waals surface area contributed by atoms with E-state index in [2.05, 4.69) is 72.6 Å². The second-order valence-electron chi connectivity index (χ2n) is 12.4. The van der Waals surface area contributed by atoms with Crippen molar-refractivity contribution in [2.24, 2.45) is 0 Å². The van der Waals surface area contributed by atoms with Gasteiger partial charge in [0, 0.05) is 48.7 Å². The molecule has 0 radical (unpaired) electrons. The number of nitrogens with zero attached hydrogens (tertiary/aromatic N) is 5. The molecule has 0 saturated carbocycles. The Morgan fingerprint density at radius 1 is 1.07 bits per heavy atom. The van der Waals surface area contributed by atoms with Crippen LogP contribution in [0.1, 0.15) is 54.8 Å². The number of ether oxygens (including phenoxy) is 1. The number of carboxylic acids is 1. The van der Waals surface area contributed by atoms with Gasteiger partial charge < -0.3 is 24.2 Å². The molecule has 0 unspecified atom stereocenters. The lowest BCUT2D eigenvalue weighted by molar-refractivity contribution is -0.160. The van der Waals surface area contributed by atoms with Crippen molar-refractivity contribution in [2.45, 2.75) is 66.2 Å². The van der Waals surface area contributed by atoms with Crippen molar-refractivity contribution in [1.29, 1.82) is 0 Å². The Morgan fingerprint density at radius 2 is 1.73 bits per heavy atom. The number of likely N-dealkylation sites (N-methyl/N-ethyl adjacent to an activating group) is 1. The summed E-state index contributed by atoms with van der Waals surface area (Å²) in [5.41, 5.74) is 8.12. The zero-order valence-electron chi connectivity index (χ0n) is 25.4. The second-order valence-corrected chi connectivity index (χ2v) is 12.4. The molecule has 0 bridgehead atoms. The Labute approximate surface area is 242 Å². The van der Waals surface area contributed by atoms with E-state index in [4.69, 9.17) is 14.7 Å². The highest BCUT2D eigenvalue weighted by atomic mass is 16.5. The van der Waals surface area contributed by atoms with E-state index in [0.29, 0.717) is 18.1 Å². The van der Waals surface area contributed by atoms with Crippen LogP contribution in [0.3, 0.4) is 0 Å². The maximum absolute atomic E-state index is 12.9. The summed E-state index contributed by atoms with van der Waals surface area (Å²) in [4.78, 5) is 26.8. The molecular weight excluding hydrogens is 514 g/mol. The molecule has 0 saturated heterocycles. The van der Waals surface area contributed by atoms with Crippen LogP contribution in [-0.4, -0.2) is 63.3 Å². The van der Waals surface area contributed by atoms with Gasteiger partial charge in [0.25, 0.3) is 0 Å². The molecule has 1 atom stereocenters. The van der Waals surface area contributed by atoms with Crippen LogP contribution in [-0.2, 0) is 22.5 Å². The smallest absolute Gasteiger partial charge is 0.337 e. The molecule has 4 aromatic rings. The minimum absolute atomic E-state index is 0.616. The molecule has 0 amide bonds. The lowest BCUT2D eigenvalue weighted by atomic mass is 9.87. The van der Waals surface area contributed by atoms with Crippen LogP contribution in [0.2, 0.25) is 0 Å². The Kier molecular flexibility index (Phi) is 7.66. The van der Waals surface area contributed by atoms with Crippen molar-refractivity contribution in [3.63, 3.8) is 0 Å². The Morgan fingerprint density at radius 3 is 2.32 bits per heavy atom. The fourth-order valence-electron chi connectivity index (χ4n) is 5.81. The third-order valence-electron chi connectivity index (χ3n) is 7.72. The van der Waals surface area contributed by atoms with Crippen molar-refractivity contribution >= 4 is 28.5 Å². The van der Waals surface area contributed by atoms with Crippen molar-refractivity contribution < 1.29 is 14.6 Å². The van der Waals surface area contributed by atoms with Crippen LogP contribution in [0.4, 0.5) is 11.6 Å². The van der Waals surface area contributed by atoms with Crippen LogP contribution in [0, 0.1) is 20.8 Å². The van der Waals surface area contributed by atoms with E-state index in [1.54, 1.807) is 0 Å². The van der Waals surface area contributed by atoms with Crippen molar-refractivity contribution in [3.05, 3.63) is 70.7 Å². The predicted octanol–water partition coefficient (Wildman–Crippen LogP) is 6.22. The van der Waals surface area contributed by atoms with Gasteiger partial charge in [0.1, 0.15) is 0 Å². The third kappa shape index (κ3) is 5.59. The first-order valence-electron chi connectivity index (χ1n) is 14.2. The van der Waals surface area contributed by atoms with E-state index >= 15 is 0 Å². The van der Waals surface area contributed by atoms with Gasteiger partial charge in [0.05, 0.1) is 16.8 Å². The molecular formula is C33H41N5O3. The van der Waals surface area contributed by atoms with Gasteiger partial charge in [-0.1, -0.05) is 29.8 Å². The highest BCUT2D eigenvalue weighted by Gasteiger charge is 2.36. The molecule has 2 aromatic heterocycles. The highest BCUT2D eigenvalue weighted by molar-refractivity contribution is 6.08. The summed E-state index contributed by atoms with van der Waals surface area (Å²) in [7, 11) is 4.11. The summed E-state index contributed by atoms with van der Waals surface area (Å²) in [5, 5.41) is 11.6. The van der Waals surface area contributed by atoms with E-state index in [1.807, 2.05) is 40.1 Å². The molecule has 41 heavy (non-hydrogen) atoms. The van der Waals surface area contributed by atoms with E-state index in [9.17, 15) is 9.90 Å². The number of carboxylic acid groups (broad SMARTS) is 1. The normalized spacial score (nSPS) is 14.2. The highest BCUT2D eigenvalue weighted by Crippen LogP contribution is 2.49. The maximum Gasteiger partial charge on any atom is 0.337 e. The minimum atomic E-state index is -1.16. The number of aromatic nitrogens is 3. The molecule has 8 heteroatoms. The van der Waals surface area contributed by atoms with E-state index in [1.165, 1.54) is 0 Å². The van der Waals surface area contributed by atoms with Gasteiger partial charge in [-0.15, -0.1) is 0 Å². The largest absolute Gasteiger partial charge is 0.479 e. The van der Waals surface area contributed by atoms with E-state index in [-0.39, 0.29) is 0 Å². The van der Waals surface area contributed by atoms with Crippen molar-refractivity contribution in [3.8, 4) is 11.1 Å². The molecule has 8 nitrogen and oxygen atoms in total. The average molecular weight is 556 g/mol. The first-order valence-corrected chi connectivity index (χ1v) is 14.2. The first kappa shape index (κ1) is 28.8. The first-order chi connectivity index (χ1) is 19.4. The predicted molar refractivity (Wildman–Crippen MR) is 164 cm³/mol. The average Bonchev–Trinajstić information content (AvgIpc) is 3.24. The Bertz CT molecular complexity index is 1580. The molecule has 216 valence electrons. The Hall–Kier alpha value is -3.75. The standard InChI is InChI=1S/C33H41N5O3/c1-20-9-11-24(12-10-20)27-25-17-21(2)37-15-16-38(32-34-18-23(19-35-32)13-14-36(7)8)28(29(25)37)22(3)26(27)30(31(39)40)41-33(4,5)6/h9-12,17-19,30H,13-16H2,1-8H3,(H,39,40)/t30-/m0/s1. The van der Waals surface area contributed by atoms with Gasteiger partial charge in [-0.25, -0.2) is 14.8 Å². The molecule has 1 N–H and O–H groups in total. The summed E-state index contributed by atoms with van der Waals surface area (Å²) in [5.74, 6) is -0.395. The second kappa shape index (κ2) is 10.9.